The fraction of sp³-hybridized carbons (Fsp3) is 0.250. The molecule has 1 aromatic heterocycles. The minimum Gasteiger partial charge on any atom is -0.465 e. The molecule has 1 aromatic carbocycles. The second-order valence-corrected chi connectivity index (χ2v) is 7.37. The number of likely N-dealkylation sites (N-methyl/N-ethyl adjacent to an activating group) is 1. The molecule has 2 heterocycles. The average molecular weight is 451 g/mol. The van der Waals surface area contributed by atoms with Crippen molar-refractivity contribution < 1.29 is 28.3 Å². The van der Waals surface area contributed by atoms with Gasteiger partial charge in [-0.15, -0.1) is 0 Å². The maximum atomic E-state index is 12.7. The lowest BCUT2D eigenvalue weighted by atomic mass is 10.1. The van der Waals surface area contributed by atoms with Gasteiger partial charge in [0, 0.05) is 17.9 Å². The summed E-state index contributed by atoms with van der Waals surface area (Å²) in [5.74, 6) is -1.86. The molecule has 3 rings (SSSR count). The van der Waals surface area contributed by atoms with Gasteiger partial charge in [0.25, 0.3) is 5.91 Å². The van der Waals surface area contributed by atoms with Crippen LogP contribution in [0.5, 0.6) is 0 Å². The summed E-state index contributed by atoms with van der Waals surface area (Å²) in [4.78, 5) is 50.5. The SMILES string of the molecule is CCN1C(=O)/C(=C/c2ccc(CNC(=O)C(=O)Nc3ccc(C)cc3)o2)C(C(=O)OC)=C1C. The normalized spacial score (nSPS) is 14.6. The van der Waals surface area contributed by atoms with Crippen LogP contribution in [0.25, 0.3) is 6.08 Å². The van der Waals surface area contributed by atoms with Crippen molar-refractivity contribution in [2.45, 2.75) is 27.3 Å². The summed E-state index contributed by atoms with van der Waals surface area (Å²) in [5.41, 5.74) is 2.41. The number of furan rings is 1. The van der Waals surface area contributed by atoms with Crippen LogP contribution in [-0.4, -0.2) is 42.2 Å². The lowest BCUT2D eigenvalue weighted by Gasteiger charge is -2.14. The summed E-state index contributed by atoms with van der Waals surface area (Å²) in [6, 6.07) is 10.3. The molecule has 0 bridgehead atoms. The number of anilines is 1. The van der Waals surface area contributed by atoms with Crippen LogP contribution in [0.4, 0.5) is 5.69 Å². The number of methoxy groups -OCH3 is 1. The summed E-state index contributed by atoms with van der Waals surface area (Å²) in [6.07, 6.45) is 1.46. The number of hydrogen-bond acceptors (Lipinski definition) is 6. The van der Waals surface area contributed by atoms with Crippen molar-refractivity contribution in [2.75, 3.05) is 19.0 Å². The first kappa shape index (κ1) is 23.5. The number of carbonyl (C=O) groups is 4. The molecule has 1 aliphatic heterocycles. The van der Waals surface area contributed by atoms with Crippen LogP contribution < -0.4 is 10.6 Å². The van der Waals surface area contributed by atoms with Crippen molar-refractivity contribution in [3.05, 3.63) is 70.3 Å². The van der Waals surface area contributed by atoms with Gasteiger partial charge >= 0.3 is 17.8 Å². The first-order valence-electron chi connectivity index (χ1n) is 10.3. The Morgan fingerprint density at radius 2 is 1.76 bits per heavy atom. The van der Waals surface area contributed by atoms with E-state index in [0.29, 0.717) is 29.4 Å². The first-order valence-corrected chi connectivity index (χ1v) is 10.3. The lowest BCUT2D eigenvalue weighted by Crippen LogP contribution is -2.34. The van der Waals surface area contributed by atoms with Crippen LogP contribution in [0.3, 0.4) is 0 Å². The van der Waals surface area contributed by atoms with E-state index in [0.717, 1.165) is 5.56 Å². The molecule has 0 radical (unpaired) electrons. The quantitative estimate of drug-likeness (QED) is 0.396. The number of benzene rings is 1. The third-order valence-electron chi connectivity index (χ3n) is 5.13. The summed E-state index contributed by atoms with van der Waals surface area (Å²) in [5, 5.41) is 5.00. The van der Waals surface area contributed by atoms with Gasteiger partial charge in [0.2, 0.25) is 0 Å². The monoisotopic (exact) mass is 451 g/mol. The molecule has 1 aliphatic rings. The predicted molar refractivity (Wildman–Crippen MR) is 120 cm³/mol. The summed E-state index contributed by atoms with van der Waals surface area (Å²) < 4.78 is 10.5. The van der Waals surface area contributed by atoms with E-state index in [4.69, 9.17) is 9.15 Å². The van der Waals surface area contributed by atoms with Crippen molar-refractivity contribution >= 4 is 35.5 Å². The van der Waals surface area contributed by atoms with E-state index < -0.39 is 17.8 Å². The molecular weight excluding hydrogens is 426 g/mol. The molecule has 0 aliphatic carbocycles. The Kier molecular flexibility index (Phi) is 7.12. The zero-order chi connectivity index (χ0) is 24.1. The average Bonchev–Trinajstić information content (AvgIpc) is 3.34. The smallest absolute Gasteiger partial charge is 0.340 e. The highest BCUT2D eigenvalue weighted by molar-refractivity contribution is 6.39. The third kappa shape index (κ3) is 5.20. The second kappa shape index (κ2) is 9.99. The molecule has 2 aromatic rings. The van der Waals surface area contributed by atoms with Gasteiger partial charge in [0.05, 0.1) is 24.8 Å². The lowest BCUT2D eigenvalue weighted by molar-refractivity contribution is -0.136. The van der Waals surface area contributed by atoms with Gasteiger partial charge < -0.3 is 24.7 Å². The summed E-state index contributed by atoms with van der Waals surface area (Å²) in [6.45, 7) is 5.78. The number of allylic oxidation sites excluding steroid dienone is 1. The fourth-order valence-electron chi connectivity index (χ4n) is 3.39. The van der Waals surface area contributed by atoms with E-state index in [2.05, 4.69) is 10.6 Å². The number of carbonyl (C=O) groups excluding carboxylic acids is 4. The maximum absolute atomic E-state index is 12.7. The Balaban J connectivity index is 1.67. The molecule has 0 fully saturated rings. The van der Waals surface area contributed by atoms with Gasteiger partial charge in [-0.05, 0) is 51.1 Å². The molecule has 0 atom stereocenters. The molecule has 33 heavy (non-hydrogen) atoms. The van der Waals surface area contributed by atoms with Crippen molar-refractivity contribution in [3.63, 3.8) is 0 Å². The number of aryl methyl sites for hydroxylation is 1. The Morgan fingerprint density at radius 3 is 2.39 bits per heavy atom. The van der Waals surface area contributed by atoms with Gasteiger partial charge in [-0.1, -0.05) is 17.7 Å². The van der Waals surface area contributed by atoms with E-state index in [9.17, 15) is 19.2 Å². The molecule has 0 unspecified atom stereocenters. The first-order chi connectivity index (χ1) is 15.7. The highest BCUT2D eigenvalue weighted by Crippen LogP contribution is 2.31. The molecule has 172 valence electrons. The fourth-order valence-corrected chi connectivity index (χ4v) is 3.39. The van der Waals surface area contributed by atoms with Gasteiger partial charge in [0.1, 0.15) is 11.5 Å². The van der Waals surface area contributed by atoms with E-state index in [1.54, 1.807) is 31.2 Å². The largest absolute Gasteiger partial charge is 0.465 e. The number of rotatable bonds is 6. The minimum atomic E-state index is -0.817. The van der Waals surface area contributed by atoms with Gasteiger partial charge in [-0.25, -0.2) is 4.79 Å². The Labute approximate surface area is 191 Å². The summed E-state index contributed by atoms with van der Waals surface area (Å²) >= 11 is 0. The van der Waals surface area contributed by atoms with Gasteiger partial charge in [-0.3, -0.25) is 14.4 Å². The number of nitrogens with zero attached hydrogens (tertiary/aromatic N) is 1. The molecule has 9 heteroatoms. The number of hydrogen-bond donors (Lipinski definition) is 2. The minimum absolute atomic E-state index is 0.0307. The second-order valence-electron chi connectivity index (χ2n) is 7.37. The number of amides is 3. The standard InChI is InChI=1S/C24H25N3O6/c1-5-27-15(3)20(24(31)32-4)19(23(27)30)12-17-10-11-18(33-17)13-25-21(28)22(29)26-16-8-6-14(2)7-9-16/h6-12H,5,13H2,1-4H3,(H,25,28)(H,26,29)/b19-12+. The Morgan fingerprint density at radius 1 is 1.06 bits per heavy atom. The molecule has 2 N–H and O–H groups in total. The molecular formula is C24H25N3O6. The molecule has 0 saturated heterocycles. The third-order valence-corrected chi connectivity index (χ3v) is 5.13. The zero-order valence-electron chi connectivity index (χ0n) is 18.9. The molecule has 0 spiro atoms. The van der Waals surface area contributed by atoms with E-state index in [-0.39, 0.29) is 23.6 Å². The van der Waals surface area contributed by atoms with Crippen LogP contribution in [0.15, 0.2) is 57.7 Å². The van der Waals surface area contributed by atoms with Crippen LogP contribution in [0.2, 0.25) is 0 Å². The number of nitrogens with one attached hydrogen (secondary N) is 2. The number of ether oxygens (including phenoxy) is 1. The Bertz CT molecular complexity index is 1160. The predicted octanol–water partition coefficient (Wildman–Crippen LogP) is 2.54. The molecule has 3 amide bonds. The topological polar surface area (TPSA) is 118 Å². The van der Waals surface area contributed by atoms with Gasteiger partial charge in [0.15, 0.2) is 0 Å². The Hall–Kier alpha value is -4.14. The van der Waals surface area contributed by atoms with Gasteiger partial charge in [-0.2, -0.15) is 0 Å². The van der Waals surface area contributed by atoms with Crippen molar-refractivity contribution in [3.8, 4) is 0 Å². The van der Waals surface area contributed by atoms with E-state index in [1.165, 1.54) is 18.1 Å². The van der Waals surface area contributed by atoms with Crippen molar-refractivity contribution in [1.29, 1.82) is 0 Å². The molecule has 0 saturated carbocycles. The highest BCUT2D eigenvalue weighted by Gasteiger charge is 2.36. The zero-order valence-corrected chi connectivity index (χ0v) is 18.9. The van der Waals surface area contributed by atoms with E-state index in [1.807, 2.05) is 26.0 Å². The van der Waals surface area contributed by atoms with Crippen LogP contribution >= 0.6 is 0 Å². The number of esters is 1. The van der Waals surface area contributed by atoms with Crippen LogP contribution in [0, 0.1) is 6.92 Å². The van der Waals surface area contributed by atoms with Crippen LogP contribution in [0.1, 0.15) is 30.9 Å². The van der Waals surface area contributed by atoms with Crippen molar-refractivity contribution in [1.82, 2.24) is 10.2 Å². The van der Waals surface area contributed by atoms with Crippen LogP contribution in [-0.2, 0) is 30.5 Å². The molecule has 9 nitrogen and oxygen atoms in total. The van der Waals surface area contributed by atoms with Crippen molar-refractivity contribution in [2.24, 2.45) is 0 Å². The van der Waals surface area contributed by atoms with E-state index >= 15 is 0 Å². The maximum Gasteiger partial charge on any atom is 0.340 e. The summed E-state index contributed by atoms with van der Waals surface area (Å²) in [7, 11) is 1.25. The highest BCUT2D eigenvalue weighted by atomic mass is 16.5.